The third-order valence-corrected chi connectivity index (χ3v) is 5.55. The molecule has 0 aliphatic heterocycles. The van der Waals surface area contributed by atoms with Crippen LogP contribution in [0.25, 0.3) is 0 Å². The fourth-order valence-electron chi connectivity index (χ4n) is 3.83. The molecule has 32 heavy (non-hydrogen) atoms. The molecule has 0 aliphatic rings. The maximum absolute atomic E-state index is 11.0. The van der Waals surface area contributed by atoms with E-state index in [1.54, 1.807) is 19.4 Å². The molecule has 0 saturated heterocycles. The lowest BCUT2D eigenvalue weighted by Gasteiger charge is -2.35. The molecule has 0 radical (unpaired) electrons. The van der Waals surface area contributed by atoms with E-state index in [0.29, 0.717) is 18.7 Å². The number of rotatable bonds is 9. The summed E-state index contributed by atoms with van der Waals surface area (Å²) in [5, 5.41) is 0. The Hall–Kier alpha value is -3.76. The lowest BCUT2D eigenvalue weighted by atomic mass is 9.81. The van der Waals surface area contributed by atoms with Crippen LogP contribution in [0.1, 0.15) is 32.7 Å². The number of hydrogen-bond acceptors (Lipinski definition) is 4. The van der Waals surface area contributed by atoms with Gasteiger partial charge in [-0.15, -0.1) is 0 Å². The van der Waals surface area contributed by atoms with Crippen molar-refractivity contribution in [3.63, 3.8) is 0 Å². The molecule has 0 saturated carbocycles. The first-order valence-electron chi connectivity index (χ1n) is 10.5. The summed E-state index contributed by atoms with van der Waals surface area (Å²) in [7, 11) is 1.67. The highest BCUT2D eigenvalue weighted by Gasteiger charge is 2.35. The summed E-state index contributed by atoms with van der Waals surface area (Å²) in [6, 6.07) is 32.2. The van der Waals surface area contributed by atoms with Crippen LogP contribution >= 0.6 is 0 Å². The second-order valence-electron chi connectivity index (χ2n) is 7.58. The van der Waals surface area contributed by atoms with Crippen LogP contribution in [-0.2, 0) is 23.4 Å². The minimum absolute atomic E-state index is 0.353. The molecule has 0 spiro atoms. The van der Waals surface area contributed by atoms with E-state index < -0.39 is 5.60 Å². The average Bonchev–Trinajstić information content (AvgIpc) is 2.88. The highest BCUT2D eigenvalue weighted by atomic mass is 16.5. The van der Waals surface area contributed by atoms with Crippen LogP contribution in [-0.4, -0.2) is 18.4 Å². The predicted molar refractivity (Wildman–Crippen MR) is 125 cm³/mol. The van der Waals surface area contributed by atoms with E-state index in [-0.39, 0.29) is 0 Å². The Morgan fingerprint density at radius 3 is 1.88 bits per heavy atom. The van der Waals surface area contributed by atoms with Gasteiger partial charge in [-0.05, 0) is 40.5 Å². The summed E-state index contributed by atoms with van der Waals surface area (Å²) in [6.45, 7) is 0.353. The van der Waals surface area contributed by atoms with E-state index in [9.17, 15) is 4.79 Å². The monoisotopic (exact) mass is 423 g/mol. The normalized spacial score (nSPS) is 11.2. The topological polar surface area (TPSA) is 48.4 Å². The molecule has 0 fully saturated rings. The Morgan fingerprint density at radius 2 is 1.38 bits per heavy atom. The molecule has 1 aromatic heterocycles. The largest absolute Gasteiger partial charge is 0.497 e. The number of aldehydes is 1. The van der Waals surface area contributed by atoms with Crippen LogP contribution in [0.3, 0.4) is 0 Å². The summed E-state index contributed by atoms with van der Waals surface area (Å²) in [4.78, 5) is 15.1. The summed E-state index contributed by atoms with van der Waals surface area (Å²) < 4.78 is 12.1. The van der Waals surface area contributed by atoms with Crippen LogP contribution in [0.4, 0.5) is 0 Å². The molecule has 0 unspecified atom stereocenters. The molecule has 0 amide bonds. The maximum atomic E-state index is 11.0. The third-order valence-electron chi connectivity index (χ3n) is 5.55. The number of nitrogens with zero attached hydrogens (tertiary/aromatic N) is 1. The summed E-state index contributed by atoms with van der Waals surface area (Å²) in [6.07, 6.45) is 3.08. The molecule has 1 heterocycles. The van der Waals surface area contributed by atoms with Gasteiger partial charge in [-0.1, -0.05) is 78.9 Å². The minimum atomic E-state index is -0.708. The number of pyridine rings is 1. The molecular weight excluding hydrogens is 398 g/mol. The quantitative estimate of drug-likeness (QED) is 0.329. The average molecular weight is 424 g/mol. The van der Waals surface area contributed by atoms with Crippen LogP contribution in [0, 0.1) is 0 Å². The highest BCUT2D eigenvalue weighted by molar-refractivity contribution is 5.71. The van der Waals surface area contributed by atoms with Gasteiger partial charge in [0.1, 0.15) is 17.0 Å². The Kier molecular flexibility index (Phi) is 6.73. The molecule has 4 nitrogen and oxygen atoms in total. The van der Waals surface area contributed by atoms with Crippen molar-refractivity contribution >= 4 is 6.29 Å². The van der Waals surface area contributed by atoms with Crippen molar-refractivity contribution in [2.45, 2.75) is 18.6 Å². The molecule has 0 aliphatic carbocycles. The molecule has 0 bridgehead atoms. The van der Waals surface area contributed by atoms with Crippen molar-refractivity contribution in [3.05, 3.63) is 131 Å². The van der Waals surface area contributed by atoms with Gasteiger partial charge in [0, 0.05) is 12.6 Å². The van der Waals surface area contributed by atoms with Gasteiger partial charge in [-0.25, -0.2) is 0 Å². The molecule has 0 atom stereocenters. The molecule has 4 heteroatoms. The first kappa shape index (κ1) is 21.5. The lowest BCUT2D eigenvalue weighted by molar-refractivity contribution is -0.0306. The van der Waals surface area contributed by atoms with Gasteiger partial charge < -0.3 is 9.47 Å². The zero-order valence-electron chi connectivity index (χ0n) is 18.0. The Labute approximate surface area is 188 Å². The van der Waals surface area contributed by atoms with Gasteiger partial charge in [0.2, 0.25) is 0 Å². The van der Waals surface area contributed by atoms with Crippen molar-refractivity contribution in [3.8, 4) is 5.75 Å². The van der Waals surface area contributed by atoms with E-state index in [1.807, 2.05) is 54.6 Å². The van der Waals surface area contributed by atoms with Crippen LogP contribution < -0.4 is 4.74 Å². The fourth-order valence-corrected chi connectivity index (χ4v) is 3.83. The van der Waals surface area contributed by atoms with Gasteiger partial charge in [-0.2, -0.15) is 0 Å². The van der Waals surface area contributed by atoms with Crippen molar-refractivity contribution in [2.75, 3.05) is 7.11 Å². The van der Waals surface area contributed by atoms with E-state index >= 15 is 0 Å². The zero-order chi connectivity index (χ0) is 22.2. The Morgan fingerprint density at radius 1 is 0.781 bits per heavy atom. The number of methoxy groups -OCH3 is 1. The van der Waals surface area contributed by atoms with Gasteiger partial charge in [0.05, 0.1) is 13.7 Å². The predicted octanol–water partition coefficient (Wildman–Crippen LogP) is 5.61. The number of ether oxygens (including phenoxy) is 2. The smallest absolute Gasteiger partial charge is 0.168 e. The molecule has 4 aromatic rings. The second kappa shape index (κ2) is 10.0. The third kappa shape index (κ3) is 4.76. The first-order valence-corrected chi connectivity index (χ1v) is 10.5. The van der Waals surface area contributed by atoms with Crippen LogP contribution in [0.5, 0.6) is 5.75 Å². The number of carbonyl (C=O) groups is 1. The van der Waals surface area contributed by atoms with Crippen LogP contribution in [0.2, 0.25) is 0 Å². The van der Waals surface area contributed by atoms with Crippen molar-refractivity contribution < 1.29 is 14.3 Å². The van der Waals surface area contributed by atoms with E-state index in [2.05, 4.69) is 41.4 Å². The number of hydrogen-bond donors (Lipinski definition) is 0. The number of benzene rings is 3. The standard InChI is InChI=1S/C28H25NO3/c1-31-27-16-13-22(14-17-27)18-28(24-8-4-2-5-9-24,25-10-6-3-7-11-25)32-21-23-12-15-26(20-30)29-19-23/h2-17,19-20H,18,21H2,1H3. The Balaban J connectivity index is 1.76. The molecular formula is C28H25NO3. The fraction of sp³-hybridized carbons (Fsp3) is 0.143. The van der Waals surface area contributed by atoms with Crippen LogP contribution in [0.15, 0.2) is 103 Å². The van der Waals surface area contributed by atoms with Gasteiger partial charge in [-0.3, -0.25) is 9.78 Å². The summed E-state index contributed by atoms with van der Waals surface area (Å²) in [5.41, 5.74) is 3.87. The minimum Gasteiger partial charge on any atom is -0.497 e. The summed E-state index contributed by atoms with van der Waals surface area (Å²) in [5.74, 6) is 0.820. The van der Waals surface area contributed by atoms with Crippen molar-refractivity contribution in [2.24, 2.45) is 0 Å². The van der Waals surface area contributed by atoms with Crippen molar-refractivity contribution in [1.82, 2.24) is 4.98 Å². The lowest BCUT2D eigenvalue weighted by Crippen LogP contribution is -2.34. The molecule has 160 valence electrons. The number of aromatic nitrogens is 1. The van der Waals surface area contributed by atoms with Crippen molar-refractivity contribution in [1.29, 1.82) is 0 Å². The first-order chi connectivity index (χ1) is 15.7. The second-order valence-corrected chi connectivity index (χ2v) is 7.58. The summed E-state index contributed by atoms with van der Waals surface area (Å²) >= 11 is 0. The maximum Gasteiger partial charge on any atom is 0.168 e. The van der Waals surface area contributed by atoms with Gasteiger partial charge >= 0.3 is 0 Å². The Bertz CT molecular complexity index is 1090. The number of carbonyl (C=O) groups excluding carboxylic acids is 1. The SMILES string of the molecule is COc1ccc(CC(OCc2ccc(C=O)nc2)(c2ccccc2)c2ccccc2)cc1. The molecule has 0 N–H and O–H groups in total. The molecule has 3 aromatic carbocycles. The van der Waals surface area contributed by atoms with Gasteiger partial charge in [0.15, 0.2) is 6.29 Å². The zero-order valence-corrected chi connectivity index (χ0v) is 18.0. The van der Waals surface area contributed by atoms with E-state index in [4.69, 9.17) is 9.47 Å². The van der Waals surface area contributed by atoms with E-state index in [0.717, 1.165) is 34.3 Å². The van der Waals surface area contributed by atoms with Gasteiger partial charge in [0.25, 0.3) is 0 Å². The highest BCUT2D eigenvalue weighted by Crippen LogP contribution is 2.38. The van der Waals surface area contributed by atoms with E-state index in [1.165, 1.54) is 0 Å². The molecule has 4 rings (SSSR count).